The number of carbonyl (C=O) groups is 1. The number of rotatable bonds is 3. The van der Waals surface area contributed by atoms with Crippen molar-refractivity contribution in [3.05, 3.63) is 16.1 Å². The van der Waals surface area contributed by atoms with Gasteiger partial charge in [-0.25, -0.2) is 9.78 Å². The lowest BCUT2D eigenvalue weighted by atomic mass is 9.98. The molecule has 23 heavy (non-hydrogen) atoms. The second-order valence-electron chi connectivity index (χ2n) is 6.61. The van der Waals surface area contributed by atoms with Gasteiger partial charge in [0.05, 0.1) is 10.7 Å². The van der Waals surface area contributed by atoms with Crippen LogP contribution in [-0.2, 0) is 10.5 Å². The number of thioether (sulfide) groups is 1. The molecule has 1 aliphatic heterocycles. The van der Waals surface area contributed by atoms with Crippen molar-refractivity contribution in [2.24, 2.45) is 5.73 Å². The van der Waals surface area contributed by atoms with Gasteiger partial charge in [-0.1, -0.05) is 0 Å². The quantitative estimate of drug-likeness (QED) is 0.632. The first-order valence-corrected chi connectivity index (χ1v) is 9.54. The van der Waals surface area contributed by atoms with E-state index < -0.39 is 5.60 Å². The zero-order chi connectivity index (χ0) is 17.0. The summed E-state index contributed by atoms with van der Waals surface area (Å²) in [7, 11) is 0. The molecule has 0 spiro atoms. The molecule has 1 saturated heterocycles. The lowest BCUT2D eigenvalue weighted by Crippen LogP contribution is -2.43. The molecule has 0 radical (unpaired) electrons. The number of ether oxygens (including phenoxy) is 1. The maximum absolute atomic E-state index is 12.1. The Balaban J connectivity index is 1.84. The minimum absolute atomic E-state index is 0.221. The number of aromatic nitrogens is 1. The summed E-state index contributed by atoms with van der Waals surface area (Å²) in [6.45, 7) is 7.09. The molecule has 0 aliphatic carbocycles. The fraction of sp³-hybridized carbons (Fsp3) is 0.667. The third-order valence-electron chi connectivity index (χ3n) is 3.45. The average molecular weight is 358 g/mol. The molecule has 0 bridgehead atoms. The Kier molecular flexibility index (Phi) is 5.91. The lowest BCUT2D eigenvalue weighted by Gasteiger charge is -2.32. The van der Waals surface area contributed by atoms with Crippen LogP contribution in [0.4, 0.5) is 4.79 Å². The monoisotopic (exact) mass is 357 g/mol. The van der Waals surface area contributed by atoms with Gasteiger partial charge in [0.25, 0.3) is 5.17 Å². The predicted octanol–water partition coefficient (Wildman–Crippen LogP) is 1.56. The number of carbonyl (C=O) groups excluding carboxylic acids is 1. The Hall–Kier alpha value is -1.28. The highest BCUT2D eigenvalue weighted by atomic mass is 32.2. The molecular weight excluding hydrogens is 332 g/mol. The van der Waals surface area contributed by atoms with Crippen LogP contribution in [0.1, 0.15) is 50.2 Å². The van der Waals surface area contributed by atoms with Crippen molar-refractivity contribution in [2.45, 2.75) is 50.9 Å². The fourth-order valence-electron chi connectivity index (χ4n) is 2.37. The normalized spacial score (nSPS) is 16.4. The number of piperidine rings is 1. The number of thiazole rings is 1. The third-order valence-corrected chi connectivity index (χ3v) is 5.28. The summed E-state index contributed by atoms with van der Waals surface area (Å²) in [5.41, 5.74) is 6.03. The van der Waals surface area contributed by atoms with Gasteiger partial charge in [-0.15, -0.1) is 11.3 Å². The van der Waals surface area contributed by atoms with E-state index in [2.05, 4.69) is 10.4 Å². The van der Waals surface area contributed by atoms with E-state index in [9.17, 15) is 4.79 Å². The average Bonchev–Trinajstić information content (AvgIpc) is 2.92. The highest BCUT2D eigenvalue weighted by Crippen LogP contribution is 2.31. The summed E-state index contributed by atoms with van der Waals surface area (Å²) in [6, 6.07) is 0. The molecule has 6 nitrogen and oxygen atoms in total. The third kappa shape index (κ3) is 5.69. The van der Waals surface area contributed by atoms with Crippen molar-refractivity contribution < 1.29 is 14.9 Å². The molecule has 1 aromatic rings. The minimum atomic E-state index is -0.447. The highest BCUT2D eigenvalue weighted by Gasteiger charge is 2.28. The van der Waals surface area contributed by atoms with Gasteiger partial charge in [0, 0.05) is 30.1 Å². The van der Waals surface area contributed by atoms with Gasteiger partial charge in [-0.2, -0.15) is 0 Å². The van der Waals surface area contributed by atoms with Crippen LogP contribution < -0.4 is 11.1 Å². The second kappa shape index (κ2) is 7.53. The zero-order valence-electron chi connectivity index (χ0n) is 13.9. The van der Waals surface area contributed by atoms with Crippen LogP contribution in [0, 0.1) is 0 Å². The van der Waals surface area contributed by atoms with Crippen LogP contribution in [0.25, 0.3) is 0 Å². The molecule has 1 amide bonds. The Morgan fingerprint density at radius 3 is 2.74 bits per heavy atom. The van der Waals surface area contributed by atoms with Crippen LogP contribution >= 0.6 is 23.1 Å². The largest absolute Gasteiger partial charge is 0.444 e. The molecule has 128 valence electrons. The van der Waals surface area contributed by atoms with Crippen LogP contribution in [0.2, 0.25) is 0 Å². The van der Waals surface area contributed by atoms with Crippen molar-refractivity contribution >= 4 is 34.4 Å². The van der Waals surface area contributed by atoms with Crippen LogP contribution in [0.5, 0.6) is 0 Å². The van der Waals surface area contributed by atoms with Gasteiger partial charge in [0.15, 0.2) is 0 Å². The molecule has 8 heteroatoms. The Morgan fingerprint density at radius 2 is 2.17 bits per heavy atom. The summed E-state index contributed by atoms with van der Waals surface area (Å²) in [4.78, 5) is 18.5. The number of nitrogens with two attached hydrogens (primary N) is 2. The Bertz CT molecular complexity index is 560. The van der Waals surface area contributed by atoms with E-state index in [0.717, 1.165) is 23.5 Å². The van der Waals surface area contributed by atoms with Crippen molar-refractivity contribution in [3.63, 3.8) is 0 Å². The first kappa shape index (κ1) is 18.1. The van der Waals surface area contributed by atoms with E-state index in [1.165, 1.54) is 11.8 Å². The maximum atomic E-state index is 12.1. The molecule has 1 aromatic heterocycles. The topological polar surface area (TPSA) is 94.0 Å². The molecule has 1 fully saturated rings. The molecule has 1 aliphatic rings. The highest BCUT2D eigenvalue weighted by molar-refractivity contribution is 8.12. The molecule has 0 aromatic carbocycles. The summed E-state index contributed by atoms with van der Waals surface area (Å²) in [6.07, 6.45) is 1.62. The van der Waals surface area contributed by atoms with Gasteiger partial charge in [-0.3, -0.25) is 11.1 Å². The molecular formula is C15H25N4O2S2+. The standard InChI is InChI=1S/C15H24N4O2S2/c1-15(2,3)21-14(20)19-6-4-10(5-7-19)12-18-11(8-22-12)9-23-13(16)17/h8,10H,4-7,9H2,1-3H3,(H3,16,17)/p+1. The first-order chi connectivity index (χ1) is 10.7. The maximum Gasteiger partial charge on any atom is 0.410 e. The molecule has 2 heterocycles. The van der Waals surface area contributed by atoms with Crippen LogP contribution in [0.3, 0.4) is 0 Å². The minimum Gasteiger partial charge on any atom is -0.444 e. The lowest BCUT2D eigenvalue weighted by molar-refractivity contribution is -0.110. The second-order valence-corrected chi connectivity index (χ2v) is 8.55. The summed E-state index contributed by atoms with van der Waals surface area (Å²) < 4.78 is 5.42. The van der Waals surface area contributed by atoms with Crippen molar-refractivity contribution in [1.82, 2.24) is 9.88 Å². The molecule has 0 atom stereocenters. The van der Waals surface area contributed by atoms with E-state index in [-0.39, 0.29) is 6.09 Å². The summed E-state index contributed by atoms with van der Waals surface area (Å²) >= 11 is 3.08. The smallest absolute Gasteiger partial charge is 0.410 e. The summed E-state index contributed by atoms with van der Waals surface area (Å²) in [5, 5.41) is 9.03. The van der Waals surface area contributed by atoms with Crippen LogP contribution in [0.15, 0.2) is 5.38 Å². The van der Waals surface area contributed by atoms with Crippen LogP contribution in [-0.4, -0.2) is 39.8 Å². The van der Waals surface area contributed by atoms with Gasteiger partial charge < -0.3 is 9.64 Å². The van der Waals surface area contributed by atoms with E-state index in [4.69, 9.17) is 15.9 Å². The Morgan fingerprint density at radius 1 is 1.52 bits per heavy atom. The Labute approximate surface area is 145 Å². The number of hydrogen-bond acceptors (Lipinski definition) is 5. The van der Waals surface area contributed by atoms with Crippen molar-refractivity contribution in [1.29, 1.82) is 0 Å². The molecule has 2 rings (SSSR count). The van der Waals surface area contributed by atoms with E-state index >= 15 is 0 Å². The fourth-order valence-corrected chi connectivity index (χ4v) is 3.93. The molecule has 4 N–H and O–H groups in total. The summed E-state index contributed by atoms with van der Waals surface area (Å²) in [5.74, 6) is 1.12. The molecule has 0 saturated carbocycles. The number of nitrogens with zero attached hydrogens (tertiary/aromatic N) is 2. The number of amides is 1. The number of likely N-dealkylation sites (tertiary alicyclic amines) is 1. The van der Waals surface area contributed by atoms with E-state index in [0.29, 0.717) is 29.9 Å². The molecule has 0 unspecified atom stereocenters. The number of amidine groups is 1. The zero-order valence-corrected chi connectivity index (χ0v) is 15.5. The first-order valence-electron chi connectivity index (χ1n) is 7.67. The van der Waals surface area contributed by atoms with E-state index in [1.807, 2.05) is 20.8 Å². The van der Waals surface area contributed by atoms with Gasteiger partial charge in [-0.05, 0) is 45.4 Å². The van der Waals surface area contributed by atoms with Gasteiger partial charge >= 0.3 is 6.09 Å². The predicted molar refractivity (Wildman–Crippen MR) is 94.3 cm³/mol. The number of hydrogen-bond donors (Lipinski definition) is 2. The van der Waals surface area contributed by atoms with Crippen molar-refractivity contribution in [2.75, 3.05) is 13.1 Å². The van der Waals surface area contributed by atoms with E-state index in [1.54, 1.807) is 16.2 Å². The SMILES string of the molecule is CC(C)(C)OC(=O)N1CCC(c2nc(CSC(N)=[NH2+])cs2)CC1. The van der Waals surface area contributed by atoms with Gasteiger partial charge in [0.1, 0.15) is 5.60 Å². The van der Waals surface area contributed by atoms with Gasteiger partial charge in [0.2, 0.25) is 0 Å². The van der Waals surface area contributed by atoms with Crippen molar-refractivity contribution in [3.8, 4) is 0 Å².